The molecule has 0 radical (unpaired) electrons. The number of nitrogens with zero attached hydrogens (tertiary/aromatic N) is 1. The first-order valence-electron chi connectivity index (χ1n) is 8.50. The molecule has 0 aromatic heterocycles. The molecule has 0 aliphatic carbocycles. The lowest BCUT2D eigenvalue weighted by Crippen LogP contribution is -2.42. The smallest absolute Gasteiger partial charge is 0.256 e. The molecule has 0 bridgehead atoms. The fourth-order valence-corrected chi connectivity index (χ4v) is 2.89. The Labute approximate surface area is 152 Å². The molecule has 2 aromatic carbocycles. The van der Waals surface area contributed by atoms with E-state index < -0.39 is 17.8 Å². The topological polar surface area (TPSA) is 49.8 Å². The maximum Gasteiger partial charge on any atom is 0.256 e. The Bertz CT molecular complexity index is 852. The number of hydrogen-bond acceptors (Lipinski definition) is 3. The van der Waals surface area contributed by atoms with Gasteiger partial charge in [0.25, 0.3) is 5.91 Å². The van der Waals surface area contributed by atoms with Crippen LogP contribution in [0.3, 0.4) is 0 Å². The first-order chi connectivity index (χ1) is 12.6. The van der Waals surface area contributed by atoms with Crippen molar-refractivity contribution >= 4 is 5.91 Å². The molecule has 1 aliphatic heterocycles. The van der Waals surface area contributed by atoms with Crippen LogP contribution < -0.4 is 4.74 Å². The van der Waals surface area contributed by atoms with E-state index in [1.54, 1.807) is 25.3 Å². The van der Waals surface area contributed by atoms with Gasteiger partial charge >= 0.3 is 0 Å². The number of carbonyl (C=O) groups excluding carboxylic acids is 1. The van der Waals surface area contributed by atoms with Gasteiger partial charge in [0, 0.05) is 24.2 Å². The van der Waals surface area contributed by atoms with Crippen LogP contribution in [-0.4, -0.2) is 42.2 Å². The van der Waals surface area contributed by atoms with Crippen LogP contribution in [0.15, 0.2) is 42.5 Å². The van der Waals surface area contributed by atoms with Crippen LogP contribution in [0, 0.1) is 17.7 Å². The molecule has 1 atom stereocenters. The summed E-state index contributed by atoms with van der Waals surface area (Å²) < 4.78 is 19.5. The lowest BCUT2D eigenvalue weighted by molar-refractivity contribution is 0.0470. The highest BCUT2D eigenvalue weighted by atomic mass is 19.1. The number of piperidine rings is 1. The van der Waals surface area contributed by atoms with Gasteiger partial charge in [-0.2, -0.15) is 0 Å². The van der Waals surface area contributed by atoms with E-state index in [0.717, 1.165) is 17.7 Å². The second-order valence-electron chi connectivity index (χ2n) is 6.22. The van der Waals surface area contributed by atoms with Crippen molar-refractivity contribution in [1.29, 1.82) is 0 Å². The third-order valence-electron chi connectivity index (χ3n) is 4.32. The van der Waals surface area contributed by atoms with Crippen molar-refractivity contribution in [2.45, 2.75) is 18.9 Å². The van der Waals surface area contributed by atoms with E-state index in [1.807, 2.05) is 12.1 Å². The molecule has 1 N–H and O–H groups in total. The van der Waals surface area contributed by atoms with Crippen molar-refractivity contribution < 1.29 is 19.0 Å². The SMILES string of the molecule is COc1ccc(C#Cc2ccc(C(=O)N3CCC[C@@H](O)C3)c(F)c2)cc1. The quantitative estimate of drug-likeness (QED) is 0.845. The molecule has 26 heavy (non-hydrogen) atoms. The largest absolute Gasteiger partial charge is 0.497 e. The number of ether oxygens (including phenoxy) is 1. The molecule has 0 unspecified atom stereocenters. The van der Waals surface area contributed by atoms with Gasteiger partial charge in [0.05, 0.1) is 18.8 Å². The molecule has 1 fully saturated rings. The molecule has 134 valence electrons. The van der Waals surface area contributed by atoms with Crippen LogP contribution >= 0.6 is 0 Å². The number of methoxy groups -OCH3 is 1. The van der Waals surface area contributed by atoms with Gasteiger partial charge < -0.3 is 14.7 Å². The number of benzene rings is 2. The highest BCUT2D eigenvalue weighted by Gasteiger charge is 2.24. The Morgan fingerprint density at radius 1 is 1.19 bits per heavy atom. The average molecular weight is 353 g/mol. The van der Waals surface area contributed by atoms with Crippen molar-refractivity contribution in [3.63, 3.8) is 0 Å². The van der Waals surface area contributed by atoms with E-state index >= 15 is 0 Å². The number of hydrogen-bond donors (Lipinski definition) is 1. The Hall–Kier alpha value is -2.84. The normalized spacial score (nSPS) is 16.6. The van der Waals surface area contributed by atoms with Gasteiger partial charge in [-0.15, -0.1) is 0 Å². The Morgan fingerprint density at radius 2 is 1.88 bits per heavy atom. The lowest BCUT2D eigenvalue weighted by Gasteiger charge is -2.30. The molecule has 2 aromatic rings. The fourth-order valence-electron chi connectivity index (χ4n) is 2.89. The van der Waals surface area contributed by atoms with Gasteiger partial charge in [-0.3, -0.25) is 4.79 Å². The summed E-state index contributed by atoms with van der Waals surface area (Å²) in [4.78, 5) is 13.9. The maximum absolute atomic E-state index is 14.4. The second kappa shape index (κ2) is 8.03. The van der Waals surface area contributed by atoms with E-state index in [-0.39, 0.29) is 12.1 Å². The van der Waals surface area contributed by atoms with E-state index in [2.05, 4.69) is 11.8 Å². The fraction of sp³-hybridized carbons (Fsp3) is 0.286. The van der Waals surface area contributed by atoms with Crippen LogP contribution in [0.5, 0.6) is 5.75 Å². The monoisotopic (exact) mass is 353 g/mol. The minimum absolute atomic E-state index is 0.00842. The van der Waals surface area contributed by atoms with Gasteiger partial charge in [-0.25, -0.2) is 4.39 Å². The second-order valence-corrected chi connectivity index (χ2v) is 6.22. The van der Waals surface area contributed by atoms with Crippen molar-refractivity contribution in [3.05, 3.63) is 65.0 Å². The van der Waals surface area contributed by atoms with Crippen LogP contribution in [-0.2, 0) is 0 Å². The van der Waals surface area contributed by atoms with Crippen LogP contribution in [0.2, 0.25) is 0 Å². The summed E-state index contributed by atoms with van der Waals surface area (Å²) in [6, 6.07) is 11.6. The third-order valence-corrected chi connectivity index (χ3v) is 4.32. The molecule has 4 nitrogen and oxygen atoms in total. The zero-order valence-corrected chi connectivity index (χ0v) is 14.5. The first-order valence-corrected chi connectivity index (χ1v) is 8.50. The zero-order chi connectivity index (χ0) is 18.5. The summed E-state index contributed by atoms with van der Waals surface area (Å²) in [5.74, 6) is 5.60. The average Bonchev–Trinajstić information content (AvgIpc) is 2.66. The number of likely N-dealkylation sites (tertiary alicyclic amines) is 1. The predicted molar refractivity (Wildman–Crippen MR) is 96.5 cm³/mol. The molecular weight excluding hydrogens is 333 g/mol. The summed E-state index contributed by atoms with van der Waals surface area (Å²) in [7, 11) is 1.59. The maximum atomic E-state index is 14.4. The number of aliphatic hydroxyl groups is 1. The van der Waals surface area contributed by atoms with Crippen LogP contribution in [0.4, 0.5) is 4.39 Å². The van der Waals surface area contributed by atoms with E-state index in [9.17, 15) is 14.3 Å². The molecular formula is C21H20FNO3. The number of halogens is 1. The molecule has 0 spiro atoms. The van der Waals surface area contributed by atoms with Crippen molar-refractivity contribution in [2.24, 2.45) is 0 Å². The van der Waals surface area contributed by atoms with Crippen molar-refractivity contribution in [3.8, 4) is 17.6 Å². The van der Waals surface area contributed by atoms with E-state index in [4.69, 9.17) is 4.74 Å². The molecule has 1 aliphatic rings. The summed E-state index contributed by atoms with van der Waals surface area (Å²) in [5.41, 5.74) is 1.29. The molecule has 1 amide bonds. The van der Waals surface area contributed by atoms with Crippen molar-refractivity contribution in [2.75, 3.05) is 20.2 Å². The predicted octanol–water partition coefficient (Wildman–Crippen LogP) is 2.83. The van der Waals surface area contributed by atoms with E-state index in [1.165, 1.54) is 17.0 Å². The standard InChI is InChI=1S/C21H20FNO3/c1-26-18-9-6-15(7-10-18)4-5-16-8-11-19(20(22)13-16)21(25)23-12-2-3-17(24)14-23/h6-11,13,17,24H,2-3,12,14H2,1H3/t17-/m1/s1. The molecule has 3 rings (SSSR count). The van der Waals surface area contributed by atoms with Crippen LogP contribution in [0.25, 0.3) is 0 Å². The summed E-state index contributed by atoms with van der Waals surface area (Å²) in [5, 5.41) is 9.69. The Balaban J connectivity index is 1.75. The molecule has 1 saturated heterocycles. The van der Waals surface area contributed by atoms with Crippen molar-refractivity contribution in [1.82, 2.24) is 4.90 Å². The number of amides is 1. The number of β-amino-alcohol motifs (C(OH)–C–C–N with tert-alkyl or cyclic N) is 1. The summed E-state index contributed by atoms with van der Waals surface area (Å²) in [6.45, 7) is 0.783. The number of carbonyl (C=O) groups is 1. The minimum Gasteiger partial charge on any atom is -0.497 e. The van der Waals surface area contributed by atoms with E-state index in [0.29, 0.717) is 18.5 Å². The molecule has 5 heteroatoms. The van der Waals surface area contributed by atoms with Crippen LogP contribution in [0.1, 0.15) is 34.3 Å². The molecule has 1 heterocycles. The van der Waals surface area contributed by atoms with Gasteiger partial charge in [-0.05, 0) is 55.3 Å². The first kappa shape index (κ1) is 18.0. The number of rotatable bonds is 2. The zero-order valence-electron chi connectivity index (χ0n) is 14.5. The highest BCUT2D eigenvalue weighted by molar-refractivity contribution is 5.94. The third kappa shape index (κ3) is 4.22. The molecule has 0 saturated carbocycles. The highest BCUT2D eigenvalue weighted by Crippen LogP contribution is 2.17. The summed E-state index contributed by atoms with van der Waals surface area (Å²) in [6.07, 6.45) is 0.858. The minimum atomic E-state index is -0.600. The lowest BCUT2D eigenvalue weighted by atomic mass is 10.1. The van der Waals surface area contributed by atoms with Gasteiger partial charge in [0.15, 0.2) is 0 Å². The van der Waals surface area contributed by atoms with Gasteiger partial charge in [-0.1, -0.05) is 11.8 Å². The summed E-state index contributed by atoms with van der Waals surface area (Å²) >= 11 is 0. The van der Waals surface area contributed by atoms with Gasteiger partial charge in [0.2, 0.25) is 0 Å². The Kier molecular flexibility index (Phi) is 5.55. The Morgan fingerprint density at radius 3 is 2.54 bits per heavy atom. The van der Waals surface area contributed by atoms with Gasteiger partial charge in [0.1, 0.15) is 11.6 Å². The number of aliphatic hydroxyl groups excluding tert-OH is 1.